The van der Waals surface area contributed by atoms with Crippen molar-refractivity contribution < 1.29 is 13.2 Å². The molecule has 1 aliphatic rings. The number of imidazole rings is 1. The van der Waals surface area contributed by atoms with Gasteiger partial charge in [0.25, 0.3) is 15.9 Å². The number of carbonyl (C=O) groups is 1. The van der Waals surface area contributed by atoms with E-state index in [9.17, 15) is 13.2 Å². The number of piperidine rings is 1. The molecule has 0 aliphatic carbocycles. The maximum atomic E-state index is 12.9. The van der Waals surface area contributed by atoms with Crippen molar-refractivity contribution in [3.8, 4) is 0 Å². The Kier molecular flexibility index (Phi) is 5.87. The highest BCUT2D eigenvalue weighted by Crippen LogP contribution is 2.31. The molecule has 0 saturated carbocycles. The van der Waals surface area contributed by atoms with Gasteiger partial charge in [0, 0.05) is 43.0 Å². The number of nitrogens with zero attached hydrogens (tertiary/aromatic N) is 5. The number of sulfonamides is 1. The Morgan fingerprint density at radius 2 is 2.17 bits per heavy atom. The number of anilines is 1. The van der Waals surface area contributed by atoms with Crippen molar-refractivity contribution in [2.24, 2.45) is 7.05 Å². The molecule has 3 aromatic rings. The maximum absolute atomic E-state index is 12.9. The molecule has 1 N–H and O–H groups in total. The van der Waals surface area contributed by atoms with E-state index in [1.807, 2.05) is 0 Å². The molecular formula is C18H19ClN6O3S2. The van der Waals surface area contributed by atoms with E-state index in [1.54, 1.807) is 35.9 Å². The zero-order chi connectivity index (χ0) is 21.3. The second kappa shape index (κ2) is 8.42. The Bertz CT molecular complexity index is 1180. The van der Waals surface area contributed by atoms with Gasteiger partial charge in [-0.05, 0) is 31.0 Å². The number of nitrogens with one attached hydrogen (secondary N) is 1. The fourth-order valence-corrected chi connectivity index (χ4v) is 5.80. The van der Waals surface area contributed by atoms with Crippen molar-refractivity contribution in [1.29, 1.82) is 0 Å². The van der Waals surface area contributed by atoms with Crippen molar-refractivity contribution in [3.63, 3.8) is 0 Å². The highest BCUT2D eigenvalue weighted by atomic mass is 35.5. The fourth-order valence-electron chi connectivity index (χ4n) is 3.26. The Morgan fingerprint density at radius 1 is 1.33 bits per heavy atom. The summed E-state index contributed by atoms with van der Waals surface area (Å²) in [5.74, 6) is -0.503. The minimum absolute atomic E-state index is 0.0319. The molecule has 2 aromatic heterocycles. The van der Waals surface area contributed by atoms with E-state index >= 15 is 0 Å². The highest BCUT2D eigenvalue weighted by Gasteiger charge is 2.34. The number of aryl methyl sites for hydroxylation is 1. The molecule has 0 spiro atoms. The number of benzene rings is 1. The average molecular weight is 467 g/mol. The molecule has 1 fully saturated rings. The molecule has 158 valence electrons. The number of amides is 1. The molecule has 30 heavy (non-hydrogen) atoms. The Balaban J connectivity index is 1.47. The molecule has 4 rings (SSSR count). The minimum Gasteiger partial charge on any atom is -0.339 e. The first-order valence-electron chi connectivity index (χ1n) is 9.21. The average Bonchev–Trinajstić information content (AvgIpc) is 3.38. The second-order valence-electron chi connectivity index (χ2n) is 6.99. The van der Waals surface area contributed by atoms with Gasteiger partial charge in [-0.2, -0.15) is 4.31 Å². The molecule has 12 heteroatoms. The lowest BCUT2D eigenvalue weighted by atomic mass is 10.0. The van der Waals surface area contributed by atoms with Crippen LogP contribution in [0.5, 0.6) is 0 Å². The summed E-state index contributed by atoms with van der Waals surface area (Å²) in [4.78, 5) is 16.4. The summed E-state index contributed by atoms with van der Waals surface area (Å²) in [6, 6.07) is 6.83. The molecule has 1 unspecified atom stereocenters. The van der Waals surface area contributed by atoms with E-state index < -0.39 is 10.0 Å². The molecule has 1 atom stereocenters. The lowest BCUT2D eigenvalue weighted by Gasteiger charge is -2.30. The number of carbonyl (C=O) groups excluding carboxylic acids is 1. The molecule has 1 amide bonds. The van der Waals surface area contributed by atoms with Gasteiger partial charge in [0.05, 0.1) is 6.33 Å². The summed E-state index contributed by atoms with van der Waals surface area (Å²) >= 11 is 7.11. The number of rotatable bonds is 5. The van der Waals surface area contributed by atoms with Gasteiger partial charge in [-0.25, -0.2) is 13.4 Å². The first kappa shape index (κ1) is 20.9. The van der Waals surface area contributed by atoms with Crippen molar-refractivity contribution in [3.05, 3.63) is 51.8 Å². The van der Waals surface area contributed by atoms with Crippen LogP contribution in [0.1, 0.15) is 33.6 Å². The Labute approximate surface area is 182 Å². The van der Waals surface area contributed by atoms with Gasteiger partial charge in [0.2, 0.25) is 5.01 Å². The largest absolute Gasteiger partial charge is 0.339 e. The van der Waals surface area contributed by atoms with Crippen LogP contribution in [0.15, 0.2) is 41.8 Å². The summed E-state index contributed by atoms with van der Waals surface area (Å²) in [5.41, 5.74) is 0.564. The molecule has 3 heterocycles. The molecule has 9 nitrogen and oxygen atoms in total. The van der Waals surface area contributed by atoms with Crippen LogP contribution >= 0.6 is 22.9 Å². The van der Waals surface area contributed by atoms with Crippen LogP contribution in [-0.2, 0) is 17.1 Å². The third-order valence-corrected chi connectivity index (χ3v) is 7.81. The van der Waals surface area contributed by atoms with Crippen LogP contribution in [0, 0.1) is 0 Å². The first-order valence-corrected chi connectivity index (χ1v) is 11.8. The smallest absolute Gasteiger partial charge is 0.286 e. The van der Waals surface area contributed by atoms with Crippen molar-refractivity contribution in [2.75, 3.05) is 18.4 Å². The van der Waals surface area contributed by atoms with Gasteiger partial charge in [-0.3, -0.25) is 4.79 Å². The van der Waals surface area contributed by atoms with Gasteiger partial charge in [-0.15, -0.1) is 10.2 Å². The third-order valence-electron chi connectivity index (χ3n) is 4.74. The van der Waals surface area contributed by atoms with Gasteiger partial charge >= 0.3 is 0 Å². The van der Waals surface area contributed by atoms with Crippen LogP contribution in [0.3, 0.4) is 0 Å². The summed E-state index contributed by atoms with van der Waals surface area (Å²) < 4.78 is 28.8. The number of hydrogen-bond donors (Lipinski definition) is 1. The predicted octanol–water partition coefficient (Wildman–Crippen LogP) is 2.75. The molecule has 0 radical (unpaired) electrons. The normalized spacial score (nSPS) is 17.7. The zero-order valence-electron chi connectivity index (χ0n) is 16.0. The van der Waals surface area contributed by atoms with Crippen LogP contribution in [0.25, 0.3) is 0 Å². The first-order chi connectivity index (χ1) is 14.3. The number of aromatic nitrogens is 4. The Hall–Kier alpha value is -2.34. The van der Waals surface area contributed by atoms with Crippen LogP contribution in [-0.4, -0.2) is 51.5 Å². The summed E-state index contributed by atoms with van der Waals surface area (Å²) in [6.45, 7) is 0.708. The van der Waals surface area contributed by atoms with Gasteiger partial charge in [-0.1, -0.05) is 29.0 Å². The monoisotopic (exact) mass is 466 g/mol. The SMILES string of the molecule is Cn1cnc(S(=O)(=O)N2CCCC(c3nnc(C(=O)Nc4cccc(Cl)c4)s3)C2)c1. The van der Waals surface area contributed by atoms with Gasteiger partial charge in [0.1, 0.15) is 5.01 Å². The van der Waals surface area contributed by atoms with E-state index in [2.05, 4.69) is 20.5 Å². The standard InChI is InChI=1S/C18H19ClN6O3S2/c1-24-10-15(20-11-24)30(27,28)25-7-3-4-12(9-25)17-22-23-18(29-17)16(26)21-14-6-2-5-13(19)8-14/h2,5-6,8,10-12H,3-4,7,9H2,1H3,(H,21,26). The summed E-state index contributed by atoms with van der Waals surface area (Å²) in [6.07, 6.45) is 4.42. The molecule has 1 saturated heterocycles. The summed E-state index contributed by atoms with van der Waals surface area (Å²) in [5, 5.41) is 12.3. The zero-order valence-corrected chi connectivity index (χ0v) is 18.4. The van der Waals surface area contributed by atoms with E-state index in [-0.39, 0.29) is 28.4 Å². The topological polar surface area (TPSA) is 110 Å². The fraction of sp³-hybridized carbons (Fsp3) is 0.333. The lowest BCUT2D eigenvalue weighted by molar-refractivity contribution is 0.102. The molecular weight excluding hydrogens is 448 g/mol. The Morgan fingerprint density at radius 3 is 2.90 bits per heavy atom. The quantitative estimate of drug-likeness (QED) is 0.619. The van der Waals surface area contributed by atoms with E-state index in [1.165, 1.54) is 28.2 Å². The van der Waals surface area contributed by atoms with Crippen molar-refractivity contribution in [1.82, 2.24) is 24.1 Å². The number of halogens is 1. The molecule has 1 aromatic carbocycles. The second-order valence-corrected chi connectivity index (χ2v) is 10.3. The van der Waals surface area contributed by atoms with Gasteiger partial charge in [0.15, 0.2) is 5.03 Å². The third kappa shape index (κ3) is 4.38. The highest BCUT2D eigenvalue weighted by molar-refractivity contribution is 7.89. The lowest BCUT2D eigenvalue weighted by Crippen LogP contribution is -2.39. The van der Waals surface area contributed by atoms with Crippen LogP contribution < -0.4 is 5.32 Å². The van der Waals surface area contributed by atoms with Crippen LogP contribution in [0.4, 0.5) is 5.69 Å². The van der Waals surface area contributed by atoms with E-state index in [4.69, 9.17) is 11.6 Å². The number of hydrogen-bond acceptors (Lipinski definition) is 7. The maximum Gasteiger partial charge on any atom is 0.286 e. The molecule has 1 aliphatic heterocycles. The summed E-state index contributed by atoms with van der Waals surface area (Å²) in [7, 11) is -1.95. The van der Waals surface area contributed by atoms with Gasteiger partial charge < -0.3 is 9.88 Å². The minimum atomic E-state index is -3.67. The van der Waals surface area contributed by atoms with Crippen molar-refractivity contribution >= 4 is 44.6 Å². The van der Waals surface area contributed by atoms with E-state index in [0.717, 1.165) is 6.42 Å². The molecule has 0 bridgehead atoms. The van der Waals surface area contributed by atoms with E-state index in [0.29, 0.717) is 28.7 Å². The predicted molar refractivity (Wildman–Crippen MR) is 113 cm³/mol. The van der Waals surface area contributed by atoms with Crippen LogP contribution in [0.2, 0.25) is 5.02 Å². The van der Waals surface area contributed by atoms with Crippen molar-refractivity contribution in [2.45, 2.75) is 23.8 Å².